The van der Waals surface area contributed by atoms with Crippen molar-refractivity contribution in [3.8, 4) is 0 Å². The first-order valence-corrected chi connectivity index (χ1v) is 8.12. The van der Waals surface area contributed by atoms with Crippen molar-refractivity contribution in [3.63, 3.8) is 0 Å². The lowest BCUT2D eigenvalue weighted by atomic mass is 9.84. The van der Waals surface area contributed by atoms with E-state index in [1.54, 1.807) is 60.7 Å². The predicted molar refractivity (Wildman–Crippen MR) is 94.1 cm³/mol. The molecule has 0 aliphatic rings. The van der Waals surface area contributed by atoms with Gasteiger partial charge in [0.05, 0.1) is 0 Å². The van der Waals surface area contributed by atoms with Crippen molar-refractivity contribution in [2.24, 2.45) is 5.92 Å². The van der Waals surface area contributed by atoms with Crippen LogP contribution in [0, 0.1) is 5.92 Å². The summed E-state index contributed by atoms with van der Waals surface area (Å²) in [4.78, 5) is 35.6. The molecule has 1 unspecified atom stereocenters. The van der Waals surface area contributed by atoms with E-state index in [1.807, 2.05) is 0 Å². The number of aliphatic hydroxyl groups is 2. The van der Waals surface area contributed by atoms with Crippen LogP contribution in [0.5, 0.6) is 0 Å². The summed E-state index contributed by atoms with van der Waals surface area (Å²) in [6.07, 6.45) is 0. The van der Waals surface area contributed by atoms with Gasteiger partial charge in [-0.1, -0.05) is 60.7 Å². The van der Waals surface area contributed by atoms with Gasteiger partial charge in [-0.15, -0.1) is 0 Å². The standard InChI is InChI=1S/C20H22O6/c1-19(2,23)25-26-20(3,24)16(17(21)14-10-6-4-7-11-14)18(22)15-12-8-5-9-13-15/h4-13,16,23-24H,1-3H3. The normalized spacial score (nSPS) is 14.1. The number of hydrogen-bond acceptors (Lipinski definition) is 6. The number of hydrogen-bond donors (Lipinski definition) is 2. The molecular formula is C20H22O6. The molecule has 0 bridgehead atoms. The smallest absolute Gasteiger partial charge is 0.214 e. The van der Waals surface area contributed by atoms with Gasteiger partial charge >= 0.3 is 0 Å². The van der Waals surface area contributed by atoms with E-state index in [0.717, 1.165) is 6.92 Å². The van der Waals surface area contributed by atoms with Crippen LogP contribution in [0.1, 0.15) is 41.5 Å². The molecule has 1 atom stereocenters. The Balaban J connectivity index is 2.41. The number of carbonyl (C=O) groups is 2. The van der Waals surface area contributed by atoms with Gasteiger partial charge in [-0.2, -0.15) is 9.78 Å². The Kier molecular flexibility index (Phi) is 6.05. The minimum atomic E-state index is -2.31. The summed E-state index contributed by atoms with van der Waals surface area (Å²) in [7, 11) is 0. The molecule has 0 aliphatic heterocycles. The largest absolute Gasteiger partial charge is 0.364 e. The highest BCUT2D eigenvalue weighted by Crippen LogP contribution is 2.28. The first-order chi connectivity index (χ1) is 12.1. The van der Waals surface area contributed by atoms with Gasteiger partial charge in [0.15, 0.2) is 17.4 Å². The summed E-state index contributed by atoms with van der Waals surface area (Å²) in [5, 5.41) is 20.3. The zero-order valence-corrected chi connectivity index (χ0v) is 14.9. The van der Waals surface area contributed by atoms with Crippen LogP contribution in [-0.2, 0) is 9.78 Å². The third kappa shape index (κ3) is 5.06. The van der Waals surface area contributed by atoms with Crippen LogP contribution in [0.25, 0.3) is 0 Å². The van der Waals surface area contributed by atoms with Crippen molar-refractivity contribution in [1.82, 2.24) is 0 Å². The molecule has 2 aromatic rings. The first-order valence-electron chi connectivity index (χ1n) is 8.12. The fourth-order valence-corrected chi connectivity index (χ4v) is 2.38. The lowest BCUT2D eigenvalue weighted by Crippen LogP contribution is -2.48. The topological polar surface area (TPSA) is 93.1 Å². The van der Waals surface area contributed by atoms with Gasteiger partial charge < -0.3 is 10.2 Å². The monoisotopic (exact) mass is 358 g/mol. The average Bonchev–Trinajstić information content (AvgIpc) is 2.61. The summed E-state index contributed by atoms with van der Waals surface area (Å²) in [6.45, 7) is 3.72. The molecular weight excluding hydrogens is 336 g/mol. The third-order valence-electron chi connectivity index (χ3n) is 3.59. The summed E-state index contributed by atoms with van der Waals surface area (Å²) >= 11 is 0. The highest BCUT2D eigenvalue weighted by atomic mass is 17.2. The molecule has 2 aromatic carbocycles. The quantitative estimate of drug-likeness (QED) is 0.248. The molecule has 6 nitrogen and oxygen atoms in total. The van der Waals surface area contributed by atoms with E-state index in [2.05, 4.69) is 0 Å². The van der Waals surface area contributed by atoms with Crippen molar-refractivity contribution in [2.45, 2.75) is 32.3 Å². The Hall–Kier alpha value is -2.38. The molecule has 0 saturated heterocycles. The molecule has 2 rings (SSSR count). The van der Waals surface area contributed by atoms with E-state index in [-0.39, 0.29) is 11.1 Å². The average molecular weight is 358 g/mol. The van der Waals surface area contributed by atoms with Crippen LogP contribution >= 0.6 is 0 Å². The Morgan fingerprint density at radius 2 is 1.15 bits per heavy atom. The number of carbonyl (C=O) groups excluding carboxylic acids is 2. The maximum atomic E-state index is 13.0. The summed E-state index contributed by atoms with van der Waals surface area (Å²) in [5.41, 5.74) is 0.489. The van der Waals surface area contributed by atoms with Gasteiger partial charge in [0.2, 0.25) is 5.79 Å². The molecule has 6 heteroatoms. The maximum Gasteiger partial charge on any atom is 0.214 e. The fourth-order valence-electron chi connectivity index (χ4n) is 2.38. The number of Topliss-reactive ketones (excluding diaryl/α,β-unsaturated/α-hetero) is 2. The molecule has 2 N–H and O–H groups in total. The molecule has 0 fully saturated rings. The summed E-state index contributed by atoms with van der Waals surface area (Å²) in [6, 6.07) is 16.2. The second-order valence-corrected chi connectivity index (χ2v) is 6.56. The van der Waals surface area contributed by atoms with Crippen molar-refractivity contribution < 1.29 is 29.6 Å². The van der Waals surface area contributed by atoms with E-state index in [0.29, 0.717) is 0 Å². The van der Waals surface area contributed by atoms with Crippen LogP contribution in [0.2, 0.25) is 0 Å². The molecule has 0 amide bonds. The van der Waals surface area contributed by atoms with Gasteiger partial charge in [0.1, 0.15) is 5.92 Å². The van der Waals surface area contributed by atoms with E-state index in [9.17, 15) is 19.8 Å². The van der Waals surface area contributed by atoms with E-state index < -0.39 is 29.1 Å². The van der Waals surface area contributed by atoms with Crippen molar-refractivity contribution in [1.29, 1.82) is 0 Å². The molecule has 0 saturated carbocycles. The second kappa shape index (κ2) is 7.88. The minimum absolute atomic E-state index is 0.244. The zero-order chi connectivity index (χ0) is 19.4. The molecule has 0 heterocycles. The second-order valence-electron chi connectivity index (χ2n) is 6.56. The Morgan fingerprint density at radius 1 is 0.769 bits per heavy atom. The van der Waals surface area contributed by atoms with Crippen molar-refractivity contribution in [2.75, 3.05) is 0 Å². The Bertz CT molecular complexity index is 695. The van der Waals surface area contributed by atoms with Crippen molar-refractivity contribution in [3.05, 3.63) is 71.8 Å². The molecule has 0 spiro atoms. The molecule has 0 radical (unpaired) electrons. The Morgan fingerprint density at radius 3 is 1.50 bits per heavy atom. The predicted octanol–water partition coefficient (Wildman–Crippen LogP) is 2.75. The highest BCUT2D eigenvalue weighted by molar-refractivity contribution is 6.16. The molecule has 0 aliphatic carbocycles. The number of benzene rings is 2. The van der Waals surface area contributed by atoms with Crippen LogP contribution < -0.4 is 0 Å². The highest BCUT2D eigenvalue weighted by Gasteiger charge is 2.46. The van der Waals surface area contributed by atoms with Gasteiger partial charge in [-0.25, -0.2) is 0 Å². The lowest BCUT2D eigenvalue weighted by molar-refractivity contribution is -0.486. The van der Waals surface area contributed by atoms with Crippen molar-refractivity contribution >= 4 is 11.6 Å². The number of rotatable bonds is 8. The SMILES string of the molecule is CC(C)(O)OOC(C)(O)C(C(=O)c1ccccc1)C(=O)c1ccccc1. The van der Waals surface area contributed by atoms with E-state index in [1.165, 1.54) is 13.8 Å². The zero-order valence-electron chi connectivity index (χ0n) is 14.9. The van der Waals surface area contributed by atoms with Gasteiger partial charge in [0.25, 0.3) is 0 Å². The first kappa shape index (κ1) is 19.9. The third-order valence-corrected chi connectivity index (χ3v) is 3.59. The minimum Gasteiger partial charge on any atom is -0.364 e. The van der Waals surface area contributed by atoms with Crippen LogP contribution in [0.4, 0.5) is 0 Å². The molecule has 26 heavy (non-hydrogen) atoms. The molecule has 0 aromatic heterocycles. The number of ketones is 2. The van der Waals surface area contributed by atoms with Crippen LogP contribution in [0.15, 0.2) is 60.7 Å². The van der Waals surface area contributed by atoms with Crippen LogP contribution in [0.3, 0.4) is 0 Å². The summed E-state index contributed by atoms with van der Waals surface area (Å²) in [5.74, 6) is -6.86. The van der Waals surface area contributed by atoms with Gasteiger partial charge in [-0.3, -0.25) is 9.59 Å². The lowest BCUT2D eigenvalue weighted by Gasteiger charge is -2.31. The van der Waals surface area contributed by atoms with Crippen LogP contribution in [-0.4, -0.2) is 33.4 Å². The Labute approximate surface area is 151 Å². The van der Waals surface area contributed by atoms with Gasteiger partial charge in [0, 0.05) is 11.1 Å². The fraction of sp³-hybridized carbons (Fsp3) is 0.300. The molecule has 138 valence electrons. The summed E-state index contributed by atoms with van der Waals surface area (Å²) < 4.78 is 0. The van der Waals surface area contributed by atoms with E-state index in [4.69, 9.17) is 9.78 Å². The van der Waals surface area contributed by atoms with E-state index >= 15 is 0 Å². The van der Waals surface area contributed by atoms with Gasteiger partial charge in [-0.05, 0) is 20.8 Å². The maximum absolute atomic E-state index is 13.0.